The van der Waals surface area contributed by atoms with E-state index in [0.29, 0.717) is 12.5 Å². The molecule has 1 aliphatic rings. The molecule has 3 rings (SSSR count). The van der Waals surface area contributed by atoms with Gasteiger partial charge in [0, 0.05) is 24.3 Å². The van der Waals surface area contributed by atoms with E-state index >= 15 is 0 Å². The van der Waals surface area contributed by atoms with Gasteiger partial charge in [-0.3, -0.25) is 9.59 Å². The Morgan fingerprint density at radius 1 is 1.16 bits per heavy atom. The van der Waals surface area contributed by atoms with E-state index in [4.69, 9.17) is 0 Å². The zero-order valence-corrected chi connectivity index (χ0v) is 14.7. The third-order valence-electron chi connectivity index (χ3n) is 4.92. The SMILES string of the molecule is CC[C@@H](C)c1ccc(NC(=O)[C@H]2CC(=O)N(c3ccccc3)C2)cc1. The van der Waals surface area contributed by atoms with Crippen molar-refractivity contribution in [1.29, 1.82) is 0 Å². The highest BCUT2D eigenvalue weighted by Crippen LogP contribution is 2.26. The second-order valence-electron chi connectivity index (χ2n) is 6.66. The number of para-hydroxylation sites is 1. The van der Waals surface area contributed by atoms with E-state index in [1.807, 2.05) is 42.5 Å². The first-order chi connectivity index (χ1) is 12.1. The van der Waals surface area contributed by atoms with E-state index in [1.165, 1.54) is 5.56 Å². The van der Waals surface area contributed by atoms with Crippen molar-refractivity contribution < 1.29 is 9.59 Å². The van der Waals surface area contributed by atoms with Crippen molar-refractivity contribution in [1.82, 2.24) is 0 Å². The summed E-state index contributed by atoms with van der Waals surface area (Å²) in [6.45, 7) is 4.78. The van der Waals surface area contributed by atoms with Gasteiger partial charge in [0.1, 0.15) is 0 Å². The molecule has 2 atom stereocenters. The molecule has 4 nitrogen and oxygen atoms in total. The normalized spacial score (nSPS) is 18.2. The maximum atomic E-state index is 12.5. The van der Waals surface area contributed by atoms with Gasteiger partial charge in [-0.25, -0.2) is 0 Å². The molecule has 0 bridgehead atoms. The van der Waals surface area contributed by atoms with Crippen LogP contribution in [-0.4, -0.2) is 18.4 Å². The van der Waals surface area contributed by atoms with Crippen LogP contribution in [0.15, 0.2) is 54.6 Å². The van der Waals surface area contributed by atoms with Gasteiger partial charge in [-0.2, -0.15) is 0 Å². The Hall–Kier alpha value is -2.62. The Morgan fingerprint density at radius 3 is 2.48 bits per heavy atom. The number of amides is 2. The van der Waals surface area contributed by atoms with Gasteiger partial charge in [-0.1, -0.05) is 44.2 Å². The molecule has 1 saturated heterocycles. The molecule has 0 aliphatic carbocycles. The number of benzene rings is 2. The van der Waals surface area contributed by atoms with E-state index < -0.39 is 0 Å². The van der Waals surface area contributed by atoms with Crippen molar-refractivity contribution in [2.24, 2.45) is 5.92 Å². The molecule has 130 valence electrons. The summed E-state index contributed by atoms with van der Waals surface area (Å²) in [5, 5.41) is 2.94. The fraction of sp³-hybridized carbons (Fsp3) is 0.333. The monoisotopic (exact) mass is 336 g/mol. The molecular weight excluding hydrogens is 312 g/mol. The molecule has 0 spiro atoms. The smallest absolute Gasteiger partial charge is 0.229 e. The molecule has 4 heteroatoms. The first-order valence-corrected chi connectivity index (χ1v) is 8.84. The molecular formula is C21H24N2O2. The largest absolute Gasteiger partial charge is 0.326 e. The number of carbonyl (C=O) groups excluding carboxylic acids is 2. The number of nitrogens with one attached hydrogen (secondary N) is 1. The second kappa shape index (κ2) is 7.51. The molecule has 2 aromatic carbocycles. The van der Waals surface area contributed by atoms with Crippen LogP contribution in [0.3, 0.4) is 0 Å². The highest BCUT2D eigenvalue weighted by atomic mass is 16.2. The maximum absolute atomic E-state index is 12.5. The lowest BCUT2D eigenvalue weighted by Gasteiger charge is -2.16. The van der Waals surface area contributed by atoms with E-state index in [9.17, 15) is 9.59 Å². The molecule has 0 unspecified atom stereocenters. The molecule has 0 radical (unpaired) electrons. The van der Waals surface area contributed by atoms with Crippen molar-refractivity contribution in [3.63, 3.8) is 0 Å². The van der Waals surface area contributed by atoms with Crippen molar-refractivity contribution >= 4 is 23.2 Å². The zero-order chi connectivity index (χ0) is 17.8. The predicted molar refractivity (Wildman–Crippen MR) is 101 cm³/mol. The Labute approximate surface area is 148 Å². The third kappa shape index (κ3) is 3.90. The topological polar surface area (TPSA) is 49.4 Å². The van der Waals surface area contributed by atoms with Crippen LogP contribution in [0.5, 0.6) is 0 Å². The fourth-order valence-electron chi connectivity index (χ4n) is 3.12. The van der Waals surface area contributed by atoms with Gasteiger partial charge in [0.15, 0.2) is 0 Å². The quantitative estimate of drug-likeness (QED) is 0.890. The van der Waals surface area contributed by atoms with Crippen molar-refractivity contribution in [3.8, 4) is 0 Å². The molecule has 2 aromatic rings. The molecule has 1 aliphatic heterocycles. The first kappa shape index (κ1) is 17.2. The summed E-state index contributed by atoms with van der Waals surface area (Å²) in [5.41, 5.74) is 2.90. The van der Waals surface area contributed by atoms with Gasteiger partial charge in [0.2, 0.25) is 11.8 Å². The standard InChI is InChI=1S/C21H24N2O2/c1-3-15(2)16-9-11-18(12-10-16)22-21(25)17-13-20(24)23(14-17)19-7-5-4-6-8-19/h4-12,15,17H,3,13-14H2,1-2H3,(H,22,25)/t15-,17+/m1/s1. The number of hydrogen-bond acceptors (Lipinski definition) is 2. The first-order valence-electron chi connectivity index (χ1n) is 8.84. The molecule has 0 saturated carbocycles. The van der Waals surface area contributed by atoms with Gasteiger partial charge in [-0.05, 0) is 42.2 Å². The zero-order valence-electron chi connectivity index (χ0n) is 14.7. The Balaban J connectivity index is 1.63. The number of rotatable bonds is 5. The second-order valence-corrected chi connectivity index (χ2v) is 6.66. The van der Waals surface area contributed by atoms with Crippen molar-refractivity contribution in [2.45, 2.75) is 32.6 Å². The lowest BCUT2D eigenvalue weighted by atomic mass is 9.98. The molecule has 2 amide bonds. The highest BCUT2D eigenvalue weighted by molar-refractivity contribution is 6.03. The highest BCUT2D eigenvalue weighted by Gasteiger charge is 2.35. The van der Waals surface area contributed by atoms with Crippen LogP contribution in [0.1, 0.15) is 38.2 Å². The maximum Gasteiger partial charge on any atom is 0.229 e. The Bertz CT molecular complexity index is 740. The average Bonchev–Trinajstić information content (AvgIpc) is 3.04. The molecule has 0 aromatic heterocycles. The van der Waals surface area contributed by atoms with E-state index in [-0.39, 0.29) is 24.2 Å². The summed E-state index contributed by atoms with van der Waals surface area (Å²) < 4.78 is 0. The molecule has 1 fully saturated rings. The number of hydrogen-bond donors (Lipinski definition) is 1. The van der Waals surface area contributed by atoms with E-state index in [0.717, 1.165) is 17.8 Å². The lowest BCUT2D eigenvalue weighted by Crippen LogP contribution is -2.28. The van der Waals surface area contributed by atoms with Crippen LogP contribution in [0.2, 0.25) is 0 Å². The van der Waals surface area contributed by atoms with Crippen molar-refractivity contribution in [2.75, 3.05) is 16.8 Å². The summed E-state index contributed by atoms with van der Waals surface area (Å²) in [4.78, 5) is 26.5. The summed E-state index contributed by atoms with van der Waals surface area (Å²) in [7, 11) is 0. The van der Waals surface area contributed by atoms with E-state index in [2.05, 4.69) is 31.3 Å². The van der Waals surface area contributed by atoms with Crippen LogP contribution in [0.4, 0.5) is 11.4 Å². The number of anilines is 2. The third-order valence-corrected chi connectivity index (χ3v) is 4.92. The molecule has 1 heterocycles. The Morgan fingerprint density at radius 2 is 1.84 bits per heavy atom. The summed E-state index contributed by atoms with van der Waals surface area (Å²) >= 11 is 0. The van der Waals surface area contributed by atoms with Crippen LogP contribution < -0.4 is 10.2 Å². The van der Waals surface area contributed by atoms with Gasteiger partial charge in [-0.15, -0.1) is 0 Å². The Kier molecular flexibility index (Phi) is 5.17. The van der Waals surface area contributed by atoms with Crippen LogP contribution in [-0.2, 0) is 9.59 Å². The van der Waals surface area contributed by atoms with Gasteiger partial charge in [0.25, 0.3) is 0 Å². The minimum Gasteiger partial charge on any atom is -0.326 e. The van der Waals surface area contributed by atoms with Gasteiger partial charge >= 0.3 is 0 Å². The average molecular weight is 336 g/mol. The summed E-state index contributed by atoms with van der Waals surface area (Å²) in [5.74, 6) is 0.0973. The van der Waals surface area contributed by atoms with Crippen LogP contribution in [0.25, 0.3) is 0 Å². The molecule has 1 N–H and O–H groups in total. The van der Waals surface area contributed by atoms with Crippen molar-refractivity contribution in [3.05, 3.63) is 60.2 Å². The number of carbonyl (C=O) groups is 2. The summed E-state index contributed by atoms with van der Waals surface area (Å²) in [6.07, 6.45) is 1.34. The fourth-order valence-corrected chi connectivity index (χ4v) is 3.12. The summed E-state index contributed by atoms with van der Waals surface area (Å²) in [6, 6.07) is 17.5. The number of nitrogens with zero attached hydrogens (tertiary/aromatic N) is 1. The minimum absolute atomic E-state index is 0.00142. The van der Waals surface area contributed by atoms with Crippen LogP contribution >= 0.6 is 0 Å². The van der Waals surface area contributed by atoms with E-state index in [1.54, 1.807) is 4.90 Å². The lowest BCUT2D eigenvalue weighted by molar-refractivity contribution is -0.122. The predicted octanol–water partition coefficient (Wildman–Crippen LogP) is 4.19. The minimum atomic E-state index is -0.318. The molecule has 25 heavy (non-hydrogen) atoms. The van der Waals surface area contributed by atoms with Crippen LogP contribution in [0, 0.1) is 5.92 Å². The van der Waals surface area contributed by atoms with Gasteiger partial charge < -0.3 is 10.2 Å². The van der Waals surface area contributed by atoms with Gasteiger partial charge in [0.05, 0.1) is 5.92 Å².